The van der Waals surface area contributed by atoms with Crippen LogP contribution in [-0.4, -0.2) is 47.0 Å². The third-order valence-corrected chi connectivity index (χ3v) is 3.52. The van der Waals surface area contributed by atoms with E-state index in [0.29, 0.717) is 0 Å². The molecule has 3 nitrogen and oxygen atoms in total. The van der Waals surface area contributed by atoms with Crippen molar-refractivity contribution in [1.29, 1.82) is 0 Å². The summed E-state index contributed by atoms with van der Waals surface area (Å²) in [6, 6.07) is 0. The molecule has 14 heavy (non-hydrogen) atoms. The highest BCUT2D eigenvalue weighted by Crippen LogP contribution is 2.23. The molecule has 1 saturated heterocycles. The molecule has 84 valence electrons. The van der Waals surface area contributed by atoms with Crippen LogP contribution in [0.15, 0.2) is 0 Å². The second kappa shape index (κ2) is 5.69. The summed E-state index contributed by atoms with van der Waals surface area (Å²) in [6.07, 6.45) is 5.78. The minimum atomic E-state index is -0.371. The minimum absolute atomic E-state index is 0.0694. The highest BCUT2D eigenvalue weighted by molar-refractivity contribution is 4.89. The van der Waals surface area contributed by atoms with Crippen molar-refractivity contribution in [2.75, 3.05) is 26.3 Å². The summed E-state index contributed by atoms with van der Waals surface area (Å²) in [5.41, 5.74) is -0.371. The summed E-state index contributed by atoms with van der Waals surface area (Å²) in [4.78, 5) is 2.28. The highest BCUT2D eigenvalue weighted by atomic mass is 16.3. The molecule has 0 amide bonds. The van der Waals surface area contributed by atoms with E-state index in [4.69, 9.17) is 0 Å². The molecule has 0 bridgehead atoms. The lowest BCUT2D eigenvalue weighted by atomic mass is 9.95. The van der Waals surface area contributed by atoms with E-state index in [1.54, 1.807) is 0 Å². The van der Waals surface area contributed by atoms with E-state index in [1.165, 1.54) is 25.7 Å². The van der Waals surface area contributed by atoms with Gasteiger partial charge in [-0.15, -0.1) is 0 Å². The quantitative estimate of drug-likeness (QED) is 0.713. The van der Waals surface area contributed by atoms with Crippen LogP contribution in [0.2, 0.25) is 0 Å². The summed E-state index contributed by atoms with van der Waals surface area (Å²) in [5.74, 6) is 0. The molecule has 0 atom stereocenters. The molecular weight excluding hydrogens is 178 g/mol. The number of likely N-dealkylation sites (tertiary alicyclic amines) is 1. The molecule has 1 fully saturated rings. The lowest BCUT2D eigenvalue weighted by Gasteiger charge is -2.40. The predicted octanol–water partition coefficient (Wildman–Crippen LogP) is 0.996. The molecule has 1 aliphatic heterocycles. The van der Waals surface area contributed by atoms with Gasteiger partial charge in [0.05, 0.1) is 18.8 Å². The van der Waals surface area contributed by atoms with Gasteiger partial charge in [-0.2, -0.15) is 0 Å². The maximum absolute atomic E-state index is 9.42. The predicted molar refractivity (Wildman–Crippen MR) is 57.2 cm³/mol. The molecule has 0 aromatic carbocycles. The van der Waals surface area contributed by atoms with Crippen LogP contribution in [-0.2, 0) is 0 Å². The second-order valence-corrected chi connectivity index (χ2v) is 4.30. The summed E-state index contributed by atoms with van der Waals surface area (Å²) < 4.78 is 0. The van der Waals surface area contributed by atoms with Crippen LogP contribution < -0.4 is 0 Å². The molecule has 1 rings (SSSR count). The number of aliphatic hydroxyl groups is 2. The molecule has 0 saturated carbocycles. The molecule has 0 aromatic rings. The van der Waals surface area contributed by atoms with Crippen LogP contribution in [0.1, 0.15) is 39.0 Å². The zero-order valence-corrected chi connectivity index (χ0v) is 9.21. The molecule has 0 radical (unpaired) electrons. The van der Waals surface area contributed by atoms with Gasteiger partial charge in [-0.3, -0.25) is 4.90 Å². The first-order valence-electron chi connectivity index (χ1n) is 5.76. The van der Waals surface area contributed by atoms with Gasteiger partial charge in [-0.1, -0.05) is 19.8 Å². The van der Waals surface area contributed by atoms with Crippen molar-refractivity contribution in [1.82, 2.24) is 4.90 Å². The molecule has 2 N–H and O–H groups in total. The molecule has 0 unspecified atom stereocenters. The van der Waals surface area contributed by atoms with Crippen LogP contribution in [0.25, 0.3) is 0 Å². The Morgan fingerprint density at radius 1 is 1.00 bits per heavy atom. The van der Waals surface area contributed by atoms with Crippen LogP contribution in [0, 0.1) is 0 Å². The van der Waals surface area contributed by atoms with Gasteiger partial charge in [0.15, 0.2) is 0 Å². The van der Waals surface area contributed by atoms with Crippen molar-refractivity contribution in [3.63, 3.8) is 0 Å². The number of aliphatic hydroxyl groups excluding tert-OH is 2. The Kier molecular flexibility index (Phi) is 4.85. The van der Waals surface area contributed by atoms with Gasteiger partial charge in [0.2, 0.25) is 0 Å². The van der Waals surface area contributed by atoms with Crippen molar-refractivity contribution in [3.8, 4) is 0 Å². The molecule has 0 spiro atoms. The zero-order chi connectivity index (χ0) is 10.4. The summed E-state index contributed by atoms with van der Waals surface area (Å²) in [7, 11) is 0. The molecule has 0 aromatic heterocycles. The summed E-state index contributed by atoms with van der Waals surface area (Å²) in [6.45, 7) is 4.22. The maximum atomic E-state index is 9.42. The standard InChI is InChI=1S/C11H23NO2/c1-2-11(9-13,10-14)12-7-5-3-4-6-8-12/h13-14H,2-10H2,1H3. The smallest absolute Gasteiger partial charge is 0.0670 e. The second-order valence-electron chi connectivity index (χ2n) is 4.30. The Labute approximate surface area is 86.7 Å². The van der Waals surface area contributed by atoms with E-state index in [9.17, 15) is 10.2 Å². The fourth-order valence-corrected chi connectivity index (χ4v) is 2.24. The van der Waals surface area contributed by atoms with Crippen molar-refractivity contribution in [2.24, 2.45) is 0 Å². The SMILES string of the molecule is CCC(CO)(CO)N1CCCCCC1. The van der Waals surface area contributed by atoms with Crippen molar-refractivity contribution < 1.29 is 10.2 Å². The molecular formula is C11H23NO2. The van der Waals surface area contributed by atoms with E-state index in [0.717, 1.165) is 19.5 Å². The first-order chi connectivity index (χ1) is 6.79. The molecule has 1 heterocycles. The van der Waals surface area contributed by atoms with E-state index < -0.39 is 0 Å². The molecule has 3 heteroatoms. The van der Waals surface area contributed by atoms with E-state index in [-0.39, 0.29) is 18.8 Å². The van der Waals surface area contributed by atoms with Gasteiger partial charge >= 0.3 is 0 Å². The van der Waals surface area contributed by atoms with Crippen LogP contribution in [0.4, 0.5) is 0 Å². The molecule has 1 aliphatic rings. The van der Waals surface area contributed by atoms with E-state index >= 15 is 0 Å². The van der Waals surface area contributed by atoms with E-state index in [1.807, 2.05) is 6.92 Å². The Morgan fingerprint density at radius 3 is 1.86 bits per heavy atom. The average molecular weight is 201 g/mol. The largest absolute Gasteiger partial charge is 0.394 e. The van der Waals surface area contributed by atoms with Crippen LogP contribution in [0.3, 0.4) is 0 Å². The number of nitrogens with zero attached hydrogens (tertiary/aromatic N) is 1. The van der Waals surface area contributed by atoms with Gasteiger partial charge in [-0.05, 0) is 32.4 Å². The number of hydrogen-bond acceptors (Lipinski definition) is 3. The summed E-state index contributed by atoms with van der Waals surface area (Å²) >= 11 is 0. The normalized spacial score (nSPS) is 20.8. The summed E-state index contributed by atoms with van der Waals surface area (Å²) in [5, 5.41) is 18.8. The monoisotopic (exact) mass is 201 g/mol. The van der Waals surface area contributed by atoms with Gasteiger partial charge in [0.25, 0.3) is 0 Å². The minimum Gasteiger partial charge on any atom is -0.394 e. The Hall–Kier alpha value is -0.120. The fraction of sp³-hybridized carbons (Fsp3) is 1.00. The zero-order valence-electron chi connectivity index (χ0n) is 9.21. The van der Waals surface area contributed by atoms with E-state index in [2.05, 4.69) is 4.90 Å². The average Bonchev–Trinajstić information content (AvgIpc) is 2.51. The topological polar surface area (TPSA) is 43.7 Å². The van der Waals surface area contributed by atoms with Gasteiger partial charge in [0.1, 0.15) is 0 Å². The van der Waals surface area contributed by atoms with Gasteiger partial charge in [-0.25, -0.2) is 0 Å². The molecule has 0 aliphatic carbocycles. The fourth-order valence-electron chi connectivity index (χ4n) is 2.24. The third-order valence-electron chi connectivity index (χ3n) is 3.52. The number of rotatable bonds is 4. The third kappa shape index (κ3) is 2.47. The van der Waals surface area contributed by atoms with Crippen molar-refractivity contribution in [2.45, 2.75) is 44.6 Å². The Morgan fingerprint density at radius 2 is 1.50 bits per heavy atom. The van der Waals surface area contributed by atoms with Crippen molar-refractivity contribution in [3.05, 3.63) is 0 Å². The highest BCUT2D eigenvalue weighted by Gasteiger charge is 2.33. The first-order valence-corrected chi connectivity index (χ1v) is 5.76. The van der Waals surface area contributed by atoms with Crippen LogP contribution in [0.5, 0.6) is 0 Å². The van der Waals surface area contributed by atoms with Crippen LogP contribution >= 0.6 is 0 Å². The first kappa shape index (κ1) is 12.0. The Balaban J connectivity index is 2.64. The maximum Gasteiger partial charge on any atom is 0.0670 e. The van der Waals surface area contributed by atoms with Gasteiger partial charge in [0, 0.05) is 0 Å². The Bertz CT molecular complexity index is 141. The lowest BCUT2D eigenvalue weighted by Crippen LogP contribution is -2.54. The lowest BCUT2D eigenvalue weighted by molar-refractivity contribution is -0.0144. The van der Waals surface area contributed by atoms with Gasteiger partial charge < -0.3 is 10.2 Å². The number of hydrogen-bond donors (Lipinski definition) is 2. The van der Waals surface area contributed by atoms with Crippen molar-refractivity contribution >= 4 is 0 Å².